The molecular formula is C27H26N2O6. The molecule has 4 rings (SSSR count). The van der Waals surface area contributed by atoms with Crippen molar-refractivity contribution in [2.24, 2.45) is 0 Å². The maximum Gasteiger partial charge on any atom is 0.295 e. The van der Waals surface area contributed by atoms with Gasteiger partial charge in [0.05, 0.1) is 32.9 Å². The number of amides is 1. The molecule has 3 aromatic rings. The van der Waals surface area contributed by atoms with E-state index < -0.39 is 17.7 Å². The molecule has 0 unspecified atom stereocenters. The van der Waals surface area contributed by atoms with Crippen molar-refractivity contribution in [1.82, 2.24) is 9.88 Å². The van der Waals surface area contributed by atoms with Crippen LogP contribution in [0.4, 0.5) is 0 Å². The van der Waals surface area contributed by atoms with Gasteiger partial charge in [-0.25, -0.2) is 0 Å². The van der Waals surface area contributed by atoms with E-state index in [-0.39, 0.29) is 17.9 Å². The van der Waals surface area contributed by atoms with Gasteiger partial charge < -0.3 is 24.2 Å². The summed E-state index contributed by atoms with van der Waals surface area (Å²) in [6, 6.07) is 14.9. The lowest BCUT2D eigenvalue weighted by atomic mass is 9.96. The van der Waals surface area contributed by atoms with Crippen molar-refractivity contribution in [2.75, 3.05) is 27.9 Å². The molecular weight excluding hydrogens is 448 g/mol. The molecule has 0 spiro atoms. The van der Waals surface area contributed by atoms with Crippen molar-refractivity contribution in [3.05, 3.63) is 89.3 Å². The number of methoxy groups -OCH3 is 3. The SMILES string of the molecule is COc1ccc(C(O)=C2C(=O)C(=O)N(CCc3ccc(OC)c(OC)c3)[C@H]2c2cccnc2)cc1. The van der Waals surface area contributed by atoms with E-state index in [0.717, 1.165) is 5.56 Å². The summed E-state index contributed by atoms with van der Waals surface area (Å²) in [5.74, 6) is 0.144. The Morgan fingerprint density at radius 2 is 1.71 bits per heavy atom. The second-order valence-electron chi connectivity index (χ2n) is 7.95. The molecule has 0 saturated carbocycles. The average Bonchev–Trinajstić information content (AvgIpc) is 3.16. The first-order valence-electron chi connectivity index (χ1n) is 11.0. The summed E-state index contributed by atoms with van der Waals surface area (Å²) < 4.78 is 15.8. The van der Waals surface area contributed by atoms with Crippen LogP contribution in [0.15, 0.2) is 72.6 Å². The van der Waals surface area contributed by atoms with Crippen molar-refractivity contribution in [2.45, 2.75) is 12.5 Å². The number of aromatic nitrogens is 1. The molecule has 8 nitrogen and oxygen atoms in total. The van der Waals surface area contributed by atoms with Gasteiger partial charge >= 0.3 is 0 Å². The van der Waals surface area contributed by atoms with Gasteiger partial charge in [0, 0.05) is 24.5 Å². The van der Waals surface area contributed by atoms with E-state index in [1.165, 1.54) is 4.90 Å². The van der Waals surface area contributed by atoms with Crippen LogP contribution in [0.3, 0.4) is 0 Å². The van der Waals surface area contributed by atoms with Crippen LogP contribution in [0.1, 0.15) is 22.7 Å². The fourth-order valence-corrected chi connectivity index (χ4v) is 4.18. The predicted octanol–water partition coefficient (Wildman–Crippen LogP) is 3.77. The minimum atomic E-state index is -0.772. The molecule has 1 aliphatic rings. The number of pyridine rings is 1. The first-order chi connectivity index (χ1) is 17.0. The van der Waals surface area contributed by atoms with Crippen LogP contribution in [-0.4, -0.2) is 54.6 Å². The quantitative estimate of drug-likeness (QED) is 0.301. The van der Waals surface area contributed by atoms with E-state index in [0.29, 0.717) is 34.8 Å². The number of carbonyl (C=O) groups is 2. The van der Waals surface area contributed by atoms with Gasteiger partial charge in [-0.15, -0.1) is 0 Å². The van der Waals surface area contributed by atoms with Gasteiger partial charge in [-0.3, -0.25) is 14.6 Å². The topological polar surface area (TPSA) is 98.2 Å². The lowest BCUT2D eigenvalue weighted by Gasteiger charge is -2.25. The highest BCUT2D eigenvalue weighted by atomic mass is 16.5. The van der Waals surface area contributed by atoms with Crippen LogP contribution in [-0.2, 0) is 16.0 Å². The van der Waals surface area contributed by atoms with Crippen LogP contribution in [0, 0.1) is 0 Å². The molecule has 180 valence electrons. The van der Waals surface area contributed by atoms with E-state index >= 15 is 0 Å². The summed E-state index contributed by atoms with van der Waals surface area (Å²) in [6.45, 7) is 0.249. The molecule has 1 aliphatic heterocycles. The summed E-state index contributed by atoms with van der Waals surface area (Å²) in [7, 11) is 4.66. The van der Waals surface area contributed by atoms with Gasteiger partial charge in [0.1, 0.15) is 11.5 Å². The number of hydrogen-bond acceptors (Lipinski definition) is 7. The monoisotopic (exact) mass is 474 g/mol. The minimum Gasteiger partial charge on any atom is -0.507 e. The molecule has 0 aliphatic carbocycles. The maximum atomic E-state index is 13.1. The van der Waals surface area contributed by atoms with E-state index in [2.05, 4.69) is 4.98 Å². The van der Waals surface area contributed by atoms with Crippen LogP contribution in [0.5, 0.6) is 17.2 Å². The molecule has 1 N–H and O–H groups in total. The van der Waals surface area contributed by atoms with Crippen LogP contribution < -0.4 is 14.2 Å². The summed E-state index contributed by atoms with van der Waals surface area (Å²) in [6.07, 6.45) is 3.68. The Labute approximate surface area is 203 Å². The molecule has 1 atom stereocenters. The Kier molecular flexibility index (Phi) is 7.01. The second kappa shape index (κ2) is 10.3. The average molecular weight is 475 g/mol. The number of benzene rings is 2. The van der Waals surface area contributed by atoms with Crippen molar-refractivity contribution < 1.29 is 28.9 Å². The second-order valence-corrected chi connectivity index (χ2v) is 7.95. The Hall–Kier alpha value is -4.33. The van der Waals surface area contributed by atoms with Gasteiger partial charge in [0.15, 0.2) is 11.5 Å². The molecule has 0 radical (unpaired) electrons. The van der Waals surface area contributed by atoms with E-state index in [1.54, 1.807) is 76.2 Å². The Balaban J connectivity index is 1.71. The Morgan fingerprint density at radius 3 is 2.34 bits per heavy atom. The smallest absolute Gasteiger partial charge is 0.295 e. The third-order valence-corrected chi connectivity index (χ3v) is 5.99. The number of ketones is 1. The van der Waals surface area contributed by atoms with Gasteiger partial charge in [-0.1, -0.05) is 12.1 Å². The normalized spacial score (nSPS) is 16.9. The number of aliphatic hydroxyl groups is 1. The summed E-state index contributed by atoms with van der Waals surface area (Å²) in [4.78, 5) is 31.9. The summed E-state index contributed by atoms with van der Waals surface area (Å²) in [5.41, 5.74) is 1.98. The van der Waals surface area contributed by atoms with Crippen molar-refractivity contribution in [3.8, 4) is 17.2 Å². The number of ether oxygens (including phenoxy) is 3. The number of rotatable bonds is 8. The van der Waals surface area contributed by atoms with Gasteiger partial charge in [-0.2, -0.15) is 0 Å². The zero-order valence-corrected chi connectivity index (χ0v) is 19.7. The molecule has 8 heteroatoms. The third kappa shape index (κ3) is 4.68. The largest absolute Gasteiger partial charge is 0.507 e. The number of carbonyl (C=O) groups excluding carboxylic acids is 2. The highest BCUT2D eigenvalue weighted by molar-refractivity contribution is 6.46. The maximum absolute atomic E-state index is 13.1. The number of hydrogen-bond donors (Lipinski definition) is 1. The van der Waals surface area contributed by atoms with E-state index in [4.69, 9.17) is 14.2 Å². The fraction of sp³-hybridized carbons (Fsp3) is 0.222. The van der Waals surface area contributed by atoms with E-state index in [1.807, 2.05) is 12.1 Å². The third-order valence-electron chi connectivity index (χ3n) is 5.99. The number of Topliss-reactive ketones (excluding diaryl/α,β-unsaturated/α-hetero) is 1. The zero-order chi connectivity index (χ0) is 24.9. The highest BCUT2D eigenvalue weighted by Crippen LogP contribution is 2.39. The lowest BCUT2D eigenvalue weighted by Crippen LogP contribution is -2.31. The van der Waals surface area contributed by atoms with E-state index in [9.17, 15) is 14.7 Å². The van der Waals surface area contributed by atoms with Crippen LogP contribution >= 0.6 is 0 Å². The molecule has 1 aromatic heterocycles. The Morgan fingerprint density at radius 1 is 0.971 bits per heavy atom. The lowest BCUT2D eigenvalue weighted by molar-refractivity contribution is -0.139. The molecule has 1 amide bonds. The Bertz CT molecular complexity index is 1250. The highest BCUT2D eigenvalue weighted by Gasteiger charge is 2.45. The molecule has 1 saturated heterocycles. The fourth-order valence-electron chi connectivity index (χ4n) is 4.18. The predicted molar refractivity (Wildman–Crippen MR) is 129 cm³/mol. The molecule has 2 heterocycles. The summed E-state index contributed by atoms with van der Waals surface area (Å²) >= 11 is 0. The minimum absolute atomic E-state index is 0.0282. The number of aliphatic hydroxyl groups excluding tert-OH is 1. The van der Waals surface area contributed by atoms with Crippen molar-refractivity contribution in [3.63, 3.8) is 0 Å². The van der Waals surface area contributed by atoms with Gasteiger partial charge in [0.25, 0.3) is 11.7 Å². The standard InChI is InChI=1S/C27H26N2O6/c1-33-20-9-7-18(8-10-20)25(30)23-24(19-5-4-13-28-16-19)29(27(32)26(23)31)14-12-17-6-11-21(34-2)22(15-17)35-3/h4-11,13,15-16,24,30H,12,14H2,1-3H3/t24-/m0/s1. The molecule has 1 fully saturated rings. The van der Waals surface area contributed by atoms with Gasteiger partial charge in [0.2, 0.25) is 0 Å². The van der Waals surface area contributed by atoms with Crippen molar-refractivity contribution >= 4 is 17.4 Å². The summed E-state index contributed by atoms with van der Waals surface area (Å²) in [5, 5.41) is 11.1. The molecule has 0 bridgehead atoms. The van der Waals surface area contributed by atoms with Crippen LogP contribution in [0.2, 0.25) is 0 Å². The number of likely N-dealkylation sites (tertiary alicyclic amines) is 1. The first kappa shape index (κ1) is 23.8. The molecule has 2 aromatic carbocycles. The van der Waals surface area contributed by atoms with Crippen LogP contribution in [0.25, 0.3) is 5.76 Å². The molecule has 35 heavy (non-hydrogen) atoms. The van der Waals surface area contributed by atoms with Crippen molar-refractivity contribution in [1.29, 1.82) is 0 Å². The first-order valence-corrected chi connectivity index (χ1v) is 11.0. The zero-order valence-electron chi connectivity index (χ0n) is 19.7. The number of nitrogens with zero attached hydrogens (tertiary/aromatic N) is 2. The van der Waals surface area contributed by atoms with Gasteiger partial charge in [-0.05, 0) is 60.0 Å².